The lowest BCUT2D eigenvalue weighted by Gasteiger charge is -2.38. The van der Waals surface area contributed by atoms with Gasteiger partial charge in [0.05, 0.1) is 10.2 Å². The van der Waals surface area contributed by atoms with Gasteiger partial charge in [-0.15, -0.1) is 0 Å². The number of rotatable bonds is 4. The van der Waals surface area contributed by atoms with E-state index in [0.717, 1.165) is 52.9 Å². The number of para-hydroxylation sites is 1. The van der Waals surface area contributed by atoms with E-state index in [-0.39, 0.29) is 0 Å². The van der Waals surface area contributed by atoms with Crippen LogP contribution in [0.25, 0.3) is 10.2 Å². The zero-order chi connectivity index (χ0) is 22.2. The summed E-state index contributed by atoms with van der Waals surface area (Å²) in [5, 5.41) is 4.09. The minimum absolute atomic E-state index is 0.559. The number of hydrogen-bond donors (Lipinski definition) is 2. The molecule has 164 valence electrons. The largest absolute Gasteiger partial charge is 0.393 e. The van der Waals surface area contributed by atoms with E-state index in [2.05, 4.69) is 82.3 Å². The topological polar surface area (TPSA) is 83.2 Å². The van der Waals surface area contributed by atoms with E-state index in [0.29, 0.717) is 11.5 Å². The molecule has 0 unspecified atom stereocenters. The molecule has 1 fully saturated rings. The zero-order valence-electron chi connectivity index (χ0n) is 18.6. The van der Waals surface area contributed by atoms with Gasteiger partial charge in [-0.25, -0.2) is 15.0 Å². The van der Waals surface area contributed by atoms with Gasteiger partial charge in [0.1, 0.15) is 12.0 Å². The maximum absolute atomic E-state index is 6.51. The van der Waals surface area contributed by atoms with Crippen LogP contribution in [0, 0.1) is 20.8 Å². The summed E-state index contributed by atoms with van der Waals surface area (Å²) < 4.78 is 1.14. The summed E-state index contributed by atoms with van der Waals surface area (Å²) in [6.45, 7) is 9.99. The number of aryl methyl sites for hydroxylation is 2. The number of aromatic nitrogens is 3. The van der Waals surface area contributed by atoms with Crippen LogP contribution >= 0.6 is 11.3 Å². The number of benzene rings is 2. The molecule has 0 radical (unpaired) electrons. The Labute approximate surface area is 191 Å². The van der Waals surface area contributed by atoms with Gasteiger partial charge < -0.3 is 20.9 Å². The molecule has 0 aliphatic carbocycles. The molecule has 1 aliphatic heterocycles. The van der Waals surface area contributed by atoms with Crippen LogP contribution in [0.3, 0.4) is 0 Å². The number of hydrogen-bond acceptors (Lipinski definition) is 8. The number of nitrogens with zero attached hydrogens (tertiary/aromatic N) is 5. The van der Waals surface area contributed by atoms with Crippen molar-refractivity contribution in [2.24, 2.45) is 0 Å². The molecule has 1 aliphatic rings. The average Bonchev–Trinajstić information content (AvgIpc) is 3.21. The molecule has 2 aromatic heterocycles. The summed E-state index contributed by atoms with van der Waals surface area (Å²) in [7, 11) is 0. The Morgan fingerprint density at radius 3 is 2.41 bits per heavy atom. The summed E-state index contributed by atoms with van der Waals surface area (Å²) in [6, 6.07) is 12.7. The van der Waals surface area contributed by atoms with Crippen LogP contribution in [0.1, 0.15) is 16.7 Å². The smallest absolute Gasteiger partial charge is 0.189 e. The van der Waals surface area contributed by atoms with Crippen molar-refractivity contribution in [3.63, 3.8) is 0 Å². The van der Waals surface area contributed by atoms with Gasteiger partial charge in [-0.05, 0) is 49.6 Å². The van der Waals surface area contributed by atoms with Gasteiger partial charge >= 0.3 is 0 Å². The van der Waals surface area contributed by atoms with Gasteiger partial charge in [0.15, 0.2) is 16.8 Å². The highest BCUT2D eigenvalue weighted by Crippen LogP contribution is 2.34. The number of nitrogens with one attached hydrogen (secondary N) is 1. The van der Waals surface area contributed by atoms with Gasteiger partial charge in [0, 0.05) is 31.9 Å². The van der Waals surface area contributed by atoms with Gasteiger partial charge in [0.2, 0.25) is 0 Å². The van der Waals surface area contributed by atoms with E-state index in [1.165, 1.54) is 16.8 Å². The Bertz CT molecular complexity index is 1270. The first-order valence-corrected chi connectivity index (χ1v) is 11.6. The van der Waals surface area contributed by atoms with E-state index >= 15 is 0 Å². The summed E-state index contributed by atoms with van der Waals surface area (Å²) in [4.78, 5) is 18.3. The Kier molecular flexibility index (Phi) is 5.30. The molecule has 32 heavy (non-hydrogen) atoms. The molecule has 3 N–H and O–H groups in total. The number of nitrogen functional groups attached to an aromatic ring is 1. The van der Waals surface area contributed by atoms with Crippen LogP contribution in [0.4, 0.5) is 28.1 Å². The fraction of sp³-hybridized carbons (Fsp3) is 0.292. The van der Waals surface area contributed by atoms with E-state index in [1.54, 1.807) is 17.7 Å². The molecule has 0 spiro atoms. The molecule has 0 saturated carbocycles. The van der Waals surface area contributed by atoms with Crippen molar-refractivity contribution in [2.75, 3.05) is 47.0 Å². The third kappa shape index (κ3) is 3.71. The molecular formula is C24H27N7S. The fourth-order valence-electron chi connectivity index (χ4n) is 4.22. The van der Waals surface area contributed by atoms with Gasteiger partial charge in [0.25, 0.3) is 0 Å². The van der Waals surface area contributed by atoms with Gasteiger partial charge in [-0.1, -0.05) is 35.6 Å². The van der Waals surface area contributed by atoms with Crippen molar-refractivity contribution in [2.45, 2.75) is 20.8 Å². The molecule has 8 heteroatoms. The second kappa shape index (κ2) is 8.27. The quantitative estimate of drug-likeness (QED) is 0.472. The second-order valence-corrected chi connectivity index (χ2v) is 9.25. The molecule has 1 saturated heterocycles. The lowest BCUT2D eigenvalue weighted by Crippen LogP contribution is -2.47. The minimum atomic E-state index is 0.559. The number of thiazole rings is 1. The van der Waals surface area contributed by atoms with E-state index in [9.17, 15) is 0 Å². The van der Waals surface area contributed by atoms with E-state index in [1.807, 2.05) is 0 Å². The van der Waals surface area contributed by atoms with Crippen molar-refractivity contribution in [1.29, 1.82) is 0 Å². The molecule has 0 bridgehead atoms. The molecule has 3 heterocycles. The molecule has 4 aromatic rings. The summed E-state index contributed by atoms with van der Waals surface area (Å²) >= 11 is 1.60. The van der Waals surface area contributed by atoms with E-state index in [4.69, 9.17) is 10.7 Å². The maximum Gasteiger partial charge on any atom is 0.189 e. The summed E-state index contributed by atoms with van der Waals surface area (Å²) in [5.41, 5.74) is 13.2. The first kappa shape index (κ1) is 20.5. The lowest BCUT2D eigenvalue weighted by molar-refractivity contribution is 0.646. The Morgan fingerprint density at radius 2 is 1.62 bits per heavy atom. The molecule has 2 aromatic carbocycles. The highest BCUT2D eigenvalue weighted by Gasteiger charge is 2.23. The molecule has 5 rings (SSSR count). The van der Waals surface area contributed by atoms with Crippen molar-refractivity contribution in [1.82, 2.24) is 15.0 Å². The third-order valence-corrected chi connectivity index (χ3v) is 7.14. The van der Waals surface area contributed by atoms with Crippen LogP contribution in [0.5, 0.6) is 0 Å². The van der Waals surface area contributed by atoms with E-state index < -0.39 is 0 Å². The van der Waals surface area contributed by atoms with Gasteiger partial charge in [-0.3, -0.25) is 0 Å². The normalized spacial score (nSPS) is 14.2. The van der Waals surface area contributed by atoms with Crippen molar-refractivity contribution in [3.05, 3.63) is 59.4 Å². The van der Waals surface area contributed by atoms with Crippen molar-refractivity contribution < 1.29 is 0 Å². The first-order chi connectivity index (χ1) is 15.5. The maximum atomic E-state index is 6.51. The standard InChI is InChI=1S/C24H27N7S/c1-15-6-4-8-18(17(15)3)30-10-12-31(13-11-30)23-20(25)22(26-14-27-23)29-24-28-21-16(2)7-5-9-19(21)32-24/h4-9,14H,10-13,25H2,1-3H3,(H,26,27,28,29). The highest BCUT2D eigenvalue weighted by atomic mass is 32.1. The number of anilines is 5. The number of fused-ring (bicyclic) bond motifs is 1. The van der Waals surface area contributed by atoms with Crippen molar-refractivity contribution >= 4 is 49.7 Å². The van der Waals surface area contributed by atoms with Crippen LogP contribution < -0.4 is 20.9 Å². The zero-order valence-corrected chi connectivity index (χ0v) is 19.4. The first-order valence-electron chi connectivity index (χ1n) is 10.8. The summed E-state index contributed by atoms with van der Waals surface area (Å²) in [5.74, 6) is 1.38. The predicted octanol–water partition coefficient (Wildman–Crippen LogP) is 4.66. The molecule has 0 atom stereocenters. The minimum Gasteiger partial charge on any atom is -0.393 e. The average molecular weight is 446 g/mol. The van der Waals surface area contributed by atoms with Crippen LogP contribution in [0.2, 0.25) is 0 Å². The number of nitrogens with two attached hydrogens (primary N) is 1. The number of piperazine rings is 1. The van der Waals surface area contributed by atoms with Gasteiger partial charge in [-0.2, -0.15) is 0 Å². The van der Waals surface area contributed by atoms with Crippen LogP contribution in [-0.2, 0) is 0 Å². The highest BCUT2D eigenvalue weighted by molar-refractivity contribution is 7.22. The molecule has 0 amide bonds. The predicted molar refractivity (Wildman–Crippen MR) is 134 cm³/mol. The Balaban J connectivity index is 1.34. The lowest BCUT2D eigenvalue weighted by atomic mass is 10.1. The van der Waals surface area contributed by atoms with Crippen LogP contribution in [-0.4, -0.2) is 41.1 Å². The molecule has 7 nitrogen and oxygen atoms in total. The second-order valence-electron chi connectivity index (χ2n) is 8.22. The monoisotopic (exact) mass is 445 g/mol. The summed E-state index contributed by atoms with van der Waals surface area (Å²) in [6.07, 6.45) is 1.57. The SMILES string of the molecule is Cc1cccc(N2CCN(c3ncnc(Nc4nc5c(C)cccc5s4)c3N)CC2)c1C. The fourth-order valence-corrected chi connectivity index (χ4v) is 5.16. The Hall–Kier alpha value is -3.39. The van der Waals surface area contributed by atoms with Crippen LogP contribution in [0.15, 0.2) is 42.7 Å². The van der Waals surface area contributed by atoms with Crippen molar-refractivity contribution in [3.8, 4) is 0 Å². The third-order valence-electron chi connectivity index (χ3n) is 6.20. The Morgan fingerprint density at radius 1 is 0.906 bits per heavy atom. The molecular weight excluding hydrogens is 418 g/mol.